The lowest BCUT2D eigenvalue weighted by atomic mass is 9.89. The van der Waals surface area contributed by atoms with E-state index in [9.17, 15) is 22.8 Å². The Morgan fingerprint density at radius 3 is 2.41 bits per heavy atom. The minimum atomic E-state index is -4.41. The number of amides is 1. The van der Waals surface area contributed by atoms with E-state index in [-0.39, 0.29) is 13.0 Å². The molecule has 4 nitrogen and oxygen atoms in total. The molecule has 0 fully saturated rings. The molecule has 27 heavy (non-hydrogen) atoms. The van der Waals surface area contributed by atoms with Gasteiger partial charge in [0.15, 0.2) is 5.60 Å². The van der Waals surface area contributed by atoms with Gasteiger partial charge in [0.2, 0.25) is 0 Å². The highest BCUT2D eigenvalue weighted by molar-refractivity contribution is 5.97. The molecule has 1 aliphatic heterocycles. The monoisotopic (exact) mass is 377 g/mol. The summed E-state index contributed by atoms with van der Waals surface area (Å²) in [5.74, 6) is -0.971. The van der Waals surface area contributed by atoms with E-state index in [1.807, 2.05) is 0 Å². The molecular weight excluding hydrogens is 359 g/mol. The number of alkyl halides is 3. The molecule has 1 aliphatic rings. The van der Waals surface area contributed by atoms with Crippen molar-refractivity contribution in [2.45, 2.75) is 31.7 Å². The number of benzene rings is 2. The summed E-state index contributed by atoms with van der Waals surface area (Å²) in [5.41, 5.74) is -0.387. The largest absolute Gasteiger partial charge is 0.445 e. The third-order valence-corrected chi connectivity index (χ3v) is 4.58. The molecule has 0 saturated heterocycles. The second-order valence-electron chi connectivity index (χ2n) is 6.81. The van der Waals surface area contributed by atoms with Gasteiger partial charge in [-0.15, -0.1) is 0 Å². The molecule has 3 rings (SSSR count). The Labute approximate surface area is 154 Å². The van der Waals surface area contributed by atoms with Crippen LogP contribution in [-0.2, 0) is 28.7 Å². The highest BCUT2D eigenvalue weighted by atomic mass is 19.4. The number of ether oxygens (including phenoxy) is 1. The number of hydrogen-bond acceptors (Lipinski definition) is 3. The summed E-state index contributed by atoms with van der Waals surface area (Å²) in [6, 6.07) is 11.5. The molecule has 2 aromatic carbocycles. The Balaban J connectivity index is 1.75. The lowest BCUT2D eigenvalue weighted by Crippen LogP contribution is -2.51. The summed E-state index contributed by atoms with van der Waals surface area (Å²) in [4.78, 5) is 26.4. The van der Waals surface area contributed by atoms with Crippen molar-refractivity contribution >= 4 is 11.9 Å². The quantitative estimate of drug-likeness (QED) is 0.764. The van der Waals surface area contributed by atoms with Gasteiger partial charge in [-0.05, 0) is 36.2 Å². The fourth-order valence-corrected chi connectivity index (χ4v) is 3.20. The first-order valence-corrected chi connectivity index (χ1v) is 8.33. The van der Waals surface area contributed by atoms with Crippen molar-refractivity contribution in [3.8, 4) is 0 Å². The predicted octanol–water partition coefficient (Wildman–Crippen LogP) is 3.84. The molecule has 0 bridgehead atoms. The molecule has 0 spiro atoms. The van der Waals surface area contributed by atoms with Crippen molar-refractivity contribution in [3.05, 3.63) is 70.8 Å². The van der Waals surface area contributed by atoms with Crippen LogP contribution in [0.15, 0.2) is 48.5 Å². The first-order valence-electron chi connectivity index (χ1n) is 8.33. The molecule has 0 aliphatic carbocycles. The van der Waals surface area contributed by atoms with Crippen LogP contribution in [0.3, 0.4) is 0 Å². The molecule has 0 aromatic heterocycles. The standard InChI is InChI=1S/C20H18F3NO3/c1-19(11-14-5-3-4-6-16(14)17(25)27-19)18(26)24(2)12-13-7-9-15(10-8-13)20(21,22)23/h3-10H,11-12H2,1-2H3. The van der Waals surface area contributed by atoms with Crippen LogP contribution in [0, 0.1) is 0 Å². The van der Waals surface area contributed by atoms with Crippen LogP contribution in [0.5, 0.6) is 0 Å². The molecule has 142 valence electrons. The summed E-state index contributed by atoms with van der Waals surface area (Å²) in [5, 5.41) is 0. The molecule has 0 saturated carbocycles. The summed E-state index contributed by atoms with van der Waals surface area (Å²) in [6.45, 7) is 1.65. The molecular formula is C20H18F3NO3. The average Bonchev–Trinajstić information content (AvgIpc) is 2.60. The van der Waals surface area contributed by atoms with E-state index in [2.05, 4.69) is 0 Å². The van der Waals surface area contributed by atoms with Gasteiger partial charge < -0.3 is 9.64 Å². The number of nitrogens with zero attached hydrogens (tertiary/aromatic N) is 1. The van der Waals surface area contributed by atoms with Crippen molar-refractivity contribution in [2.75, 3.05) is 7.05 Å². The predicted molar refractivity (Wildman–Crippen MR) is 91.9 cm³/mol. The van der Waals surface area contributed by atoms with E-state index >= 15 is 0 Å². The van der Waals surface area contributed by atoms with Crippen molar-refractivity contribution in [1.82, 2.24) is 4.90 Å². The van der Waals surface area contributed by atoms with Crippen molar-refractivity contribution in [2.24, 2.45) is 0 Å². The van der Waals surface area contributed by atoms with Gasteiger partial charge in [0.1, 0.15) is 0 Å². The molecule has 0 radical (unpaired) electrons. The number of hydrogen-bond donors (Lipinski definition) is 0. The van der Waals surface area contributed by atoms with Crippen LogP contribution in [0.4, 0.5) is 13.2 Å². The lowest BCUT2D eigenvalue weighted by molar-refractivity contribution is -0.150. The zero-order valence-electron chi connectivity index (χ0n) is 14.8. The SMILES string of the molecule is CN(Cc1ccc(C(F)(F)F)cc1)C(=O)C1(C)Cc2ccccc2C(=O)O1. The maximum Gasteiger partial charge on any atom is 0.416 e. The molecule has 1 heterocycles. The van der Waals surface area contributed by atoms with Crippen LogP contribution in [0.1, 0.15) is 34.0 Å². The minimum Gasteiger partial charge on any atom is -0.445 e. The molecule has 1 amide bonds. The van der Waals surface area contributed by atoms with Crippen LogP contribution in [-0.4, -0.2) is 29.4 Å². The zero-order valence-corrected chi connectivity index (χ0v) is 14.8. The second kappa shape index (κ2) is 6.72. The third-order valence-electron chi connectivity index (χ3n) is 4.58. The maximum absolute atomic E-state index is 12.9. The summed E-state index contributed by atoms with van der Waals surface area (Å²) >= 11 is 0. The lowest BCUT2D eigenvalue weighted by Gasteiger charge is -2.36. The highest BCUT2D eigenvalue weighted by Gasteiger charge is 2.44. The maximum atomic E-state index is 12.9. The Hall–Kier alpha value is -2.83. The van der Waals surface area contributed by atoms with E-state index in [1.165, 1.54) is 24.1 Å². The van der Waals surface area contributed by atoms with E-state index in [1.54, 1.807) is 31.2 Å². The van der Waals surface area contributed by atoms with Gasteiger partial charge >= 0.3 is 12.1 Å². The summed E-state index contributed by atoms with van der Waals surface area (Å²) < 4.78 is 43.4. The Morgan fingerprint density at radius 1 is 1.15 bits per heavy atom. The van der Waals surface area contributed by atoms with Crippen LogP contribution in [0.2, 0.25) is 0 Å². The molecule has 2 aromatic rings. The number of carbonyl (C=O) groups excluding carboxylic acids is 2. The molecule has 1 unspecified atom stereocenters. The van der Waals surface area contributed by atoms with E-state index < -0.39 is 29.2 Å². The van der Waals surface area contributed by atoms with Crippen LogP contribution < -0.4 is 0 Å². The van der Waals surface area contributed by atoms with Gasteiger partial charge in [-0.2, -0.15) is 13.2 Å². The molecule has 1 atom stereocenters. The van der Waals surface area contributed by atoms with E-state index in [4.69, 9.17) is 4.74 Å². The Morgan fingerprint density at radius 2 is 1.78 bits per heavy atom. The average molecular weight is 377 g/mol. The second-order valence-corrected chi connectivity index (χ2v) is 6.81. The Bertz CT molecular complexity index is 877. The summed E-state index contributed by atoms with van der Waals surface area (Å²) in [7, 11) is 1.53. The molecule has 0 N–H and O–H groups in total. The fraction of sp³-hybridized carbons (Fsp3) is 0.300. The van der Waals surface area contributed by atoms with Gasteiger partial charge in [-0.25, -0.2) is 4.79 Å². The normalized spacial score (nSPS) is 19.2. The molecule has 7 heteroatoms. The third kappa shape index (κ3) is 3.82. The first-order chi connectivity index (χ1) is 12.6. The van der Waals surface area contributed by atoms with Gasteiger partial charge in [0.25, 0.3) is 5.91 Å². The number of fused-ring (bicyclic) bond motifs is 1. The van der Waals surface area contributed by atoms with Crippen molar-refractivity contribution in [1.29, 1.82) is 0 Å². The number of cyclic esters (lactones) is 1. The van der Waals surface area contributed by atoms with Gasteiger partial charge in [0.05, 0.1) is 11.1 Å². The number of likely N-dealkylation sites (N-methyl/N-ethyl adjacent to an activating group) is 1. The Kier molecular flexibility index (Phi) is 4.71. The van der Waals surface area contributed by atoms with Crippen molar-refractivity contribution < 1.29 is 27.5 Å². The van der Waals surface area contributed by atoms with Gasteiger partial charge in [-0.3, -0.25) is 4.79 Å². The minimum absolute atomic E-state index is 0.103. The number of carbonyl (C=O) groups is 2. The first kappa shape index (κ1) is 18.9. The zero-order chi connectivity index (χ0) is 19.8. The topological polar surface area (TPSA) is 46.6 Å². The van der Waals surface area contributed by atoms with Gasteiger partial charge in [-0.1, -0.05) is 30.3 Å². The van der Waals surface area contributed by atoms with Crippen molar-refractivity contribution in [3.63, 3.8) is 0 Å². The number of rotatable bonds is 3. The van der Waals surface area contributed by atoms with Crippen LogP contribution in [0.25, 0.3) is 0 Å². The number of esters is 1. The fourth-order valence-electron chi connectivity index (χ4n) is 3.20. The van der Waals surface area contributed by atoms with E-state index in [0.29, 0.717) is 11.1 Å². The van der Waals surface area contributed by atoms with Crippen LogP contribution >= 0.6 is 0 Å². The summed E-state index contributed by atoms with van der Waals surface area (Å²) in [6.07, 6.45) is -4.16. The smallest absolute Gasteiger partial charge is 0.416 e. The number of halogens is 3. The van der Waals surface area contributed by atoms with E-state index in [0.717, 1.165) is 17.7 Å². The van der Waals surface area contributed by atoms with Gasteiger partial charge in [0, 0.05) is 20.0 Å². The highest BCUT2D eigenvalue weighted by Crippen LogP contribution is 2.31.